The molecule has 17 heavy (non-hydrogen) atoms. The standard InChI is InChI=1S/C12H21N5/c1-16(9-11-4-3-5-17(11)2)8-10-6-15-12(13)7-14-10/h6-7,11H,3-5,8-9H2,1-2H3,(H2,13,15). The number of aromatic nitrogens is 2. The number of likely N-dealkylation sites (N-methyl/N-ethyl adjacent to an activating group) is 2. The molecule has 1 aliphatic rings. The van der Waals surface area contributed by atoms with Gasteiger partial charge in [-0.05, 0) is 33.5 Å². The summed E-state index contributed by atoms with van der Waals surface area (Å²) in [6.45, 7) is 3.14. The van der Waals surface area contributed by atoms with Gasteiger partial charge < -0.3 is 10.6 Å². The zero-order chi connectivity index (χ0) is 12.3. The van der Waals surface area contributed by atoms with Gasteiger partial charge in [-0.3, -0.25) is 9.88 Å². The molecule has 1 atom stereocenters. The number of nitrogen functional groups attached to an aromatic ring is 1. The number of hydrogen-bond donors (Lipinski definition) is 1. The van der Waals surface area contributed by atoms with E-state index in [1.54, 1.807) is 12.4 Å². The molecule has 2 rings (SSSR count). The Kier molecular flexibility index (Phi) is 3.91. The maximum absolute atomic E-state index is 5.51. The second kappa shape index (κ2) is 5.42. The summed E-state index contributed by atoms with van der Waals surface area (Å²) < 4.78 is 0. The highest BCUT2D eigenvalue weighted by atomic mass is 15.2. The number of hydrogen-bond acceptors (Lipinski definition) is 5. The Morgan fingerprint density at radius 2 is 2.29 bits per heavy atom. The lowest BCUT2D eigenvalue weighted by atomic mass is 10.2. The number of anilines is 1. The first-order chi connectivity index (χ1) is 8.15. The van der Waals surface area contributed by atoms with Gasteiger partial charge in [-0.15, -0.1) is 0 Å². The average Bonchev–Trinajstić information content (AvgIpc) is 2.68. The van der Waals surface area contributed by atoms with E-state index in [9.17, 15) is 0 Å². The van der Waals surface area contributed by atoms with E-state index in [1.165, 1.54) is 19.4 Å². The molecule has 0 spiro atoms. The normalized spacial score (nSPS) is 21.2. The molecule has 2 N–H and O–H groups in total. The van der Waals surface area contributed by atoms with Gasteiger partial charge in [-0.2, -0.15) is 0 Å². The lowest BCUT2D eigenvalue weighted by molar-refractivity contribution is 0.214. The Hall–Kier alpha value is -1.20. The lowest BCUT2D eigenvalue weighted by Gasteiger charge is -2.25. The molecule has 1 saturated heterocycles. The monoisotopic (exact) mass is 235 g/mol. The Morgan fingerprint density at radius 1 is 1.47 bits per heavy atom. The molecule has 5 heteroatoms. The minimum absolute atomic E-state index is 0.479. The van der Waals surface area contributed by atoms with Gasteiger partial charge in [0, 0.05) is 19.1 Å². The van der Waals surface area contributed by atoms with Crippen molar-refractivity contribution in [2.24, 2.45) is 0 Å². The van der Waals surface area contributed by atoms with Gasteiger partial charge in [0.1, 0.15) is 5.82 Å². The molecule has 0 bridgehead atoms. The maximum atomic E-state index is 5.51. The van der Waals surface area contributed by atoms with E-state index in [0.717, 1.165) is 18.8 Å². The summed E-state index contributed by atoms with van der Waals surface area (Å²) in [4.78, 5) is 13.1. The maximum Gasteiger partial charge on any atom is 0.141 e. The van der Waals surface area contributed by atoms with Crippen LogP contribution in [0.15, 0.2) is 12.4 Å². The van der Waals surface area contributed by atoms with Crippen LogP contribution in [-0.4, -0.2) is 53.0 Å². The second-order valence-corrected chi connectivity index (χ2v) is 4.91. The van der Waals surface area contributed by atoms with Crippen molar-refractivity contribution in [3.8, 4) is 0 Å². The summed E-state index contributed by atoms with van der Waals surface area (Å²) in [6, 6.07) is 0.682. The van der Waals surface area contributed by atoms with Crippen LogP contribution < -0.4 is 5.73 Å². The Morgan fingerprint density at radius 3 is 2.88 bits per heavy atom. The molecule has 0 radical (unpaired) electrons. The van der Waals surface area contributed by atoms with Crippen LogP contribution in [0.5, 0.6) is 0 Å². The molecular formula is C12H21N5. The third kappa shape index (κ3) is 3.38. The summed E-state index contributed by atoms with van der Waals surface area (Å²) in [5.41, 5.74) is 6.49. The largest absolute Gasteiger partial charge is 0.382 e. The molecule has 0 amide bonds. The fraction of sp³-hybridized carbons (Fsp3) is 0.667. The minimum atomic E-state index is 0.479. The topological polar surface area (TPSA) is 58.3 Å². The first-order valence-electron chi connectivity index (χ1n) is 6.10. The summed E-state index contributed by atoms with van der Waals surface area (Å²) >= 11 is 0. The van der Waals surface area contributed by atoms with Crippen LogP contribution in [-0.2, 0) is 6.54 Å². The van der Waals surface area contributed by atoms with E-state index in [2.05, 4.69) is 33.9 Å². The Bertz CT molecular complexity index is 350. The van der Waals surface area contributed by atoms with Crippen LogP contribution >= 0.6 is 0 Å². The van der Waals surface area contributed by atoms with Gasteiger partial charge in [0.05, 0.1) is 18.1 Å². The van der Waals surface area contributed by atoms with Gasteiger partial charge in [0.2, 0.25) is 0 Å². The van der Waals surface area contributed by atoms with E-state index in [0.29, 0.717) is 11.9 Å². The fourth-order valence-corrected chi connectivity index (χ4v) is 2.36. The van der Waals surface area contributed by atoms with Crippen molar-refractivity contribution in [2.75, 3.05) is 32.9 Å². The van der Waals surface area contributed by atoms with E-state index >= 15 is 0 Å². The quantitative estimate of drug-likeness (QED) is 0.827. The smallest absolute Gasteiger partial charge is 0.141 e. The molecule has 1 aromatic heterocycles. The first-order valence-corrected chi connectivity index (χ1v) is 6.10. The molecule has 0 saturated carbocycles. The molecular weight excluding hydrogens is 214 g/mol. The van der Waals surface area contributed by atoms with Crippen LogP contribution in [0.3, 0.4) is 0 Å². The predicted octanol–water partition coefficient (Wildman–Crippen LogP) is 0.585. The van der Waals surface area contributed by atoms with E-state index in [1.807, 2.05) is 0 Å². The number of likely N-dealkylation sites (tertiary alicyclic amines) is 1. The van der Waals surface area contributed by atoms with E-state index in [-0.39, 0.29) is 0 Å². The van der Waals surface area contributed by atoms with E-state index < -0.39 is 0 Å². The van der Waals surface area contributed by atoms with Crippen LogP contribution in [0.4, 0.5) is 5.82 Å². The highest BCUT2D eigenvalue weighted by Crippen LogP contribution is 2.15. The molecule has 2 heterocycles. The molecule has 94 valence electrons. The summed E-state index contributed by atoms with van der Waals surface area (Å²) in [7, 11) is 4.33. The van der Waals surface area contributed by atoms with E-state index in [4.69, 9.17) is 5.73 Å². The molecule has 1 fully saturated rings. The van der Waals surface area contributed by atoms with Crippen LogP contribution in [0.1, 0.15) is 18.5 Å². The van der Waals surface area contributed by atoms with Crippen molar-refractivity contribution in [2.45, 2.75) is 25.4 Å². The highest BCUT2D eigenvalue weighted by Gasteiger charge is 2.21. The number of nitrogens with two attached hydrogens (primary N) is 1. The zero-order valence-corrected chi connectivity index (χ0v) is 10.6. The number of nitrogens with zero attached hydrogens (tertiary/aromatic N) is 4. The zero-order valence-electron chi connectivity index (χ0n) is 10.6. The fourth-order valence-electron chi connectivity index (χ4n) is 2.36. The van der Waals surface area contributed by atoms with Gasteiger partial charge in [0.15, 0.2) is 0 Å². The molecule has 1 aromatic rings. The minimum Gasteiger partial charge on any atom is -0.382 e. The summed E-state index contributed by atoms with van der Waals surface area (Å²) in [5, 5.41) is 0. The van der Waals surface area contributed by atoms with Crippen LogP contribution in [0.2, 0.25) is 0 Å². The average molecular weight is 235 g/mol. The Labute approximate surface area is 103 Å². The molecule has 1 unspecified atom stereocenters. The molecule has 1 aliphatic heterocycles. The highest BCUT2D eigenvalue weighted by molar-refractivity contribution is 5.22. The second-order valence-electron chi connectivity index (χ2n) is 4.91. The van der Waals surface area contributed by atoms with Gasteiger partial charge in [-0.1, -0.05) is 0 Å². The summed E-state index contributed by atoms with van der Waals surface area (Å²) in [6.07, 6.45) is 5.99. The lowest BCUT2D eigenvalue weighted by Crippen LogP contribution is -2.36. The first kappa shape index (κ1) is 12.3. The predicted molar refractivity (Wildman–Crippen MR) is 68.4 cm³/mol. The third-order valence-electron chi connectivity index (χ3n) is 3.35. The van der Waals surface area contributed by atoms with Crippen molar-refractivity contribution in [3.63, 3.8) is 0 Å². The van der Waals surface area contributed by atoms with Crippen molar-refractivity contribution in [3.05, 3.63) is 18.1 Å². The number of rotatable bonds is 4. The van der Waals surface area contributed by atoms with Crippen LogP contribution in [0.25, 0.3) is 0 Å². The van der Waals surface area contributed by atoms with Crippen molar-refractivity contribution < 1.29 is 0 Å². The third-order valence-corrected chi connectivity index (χ3v) is 3.35. The van der Waals surface area contributed by atoms with Crippen molar-refractivity contribution >= 4 is 5.82 Å². The van der Waals surface area contributed by atoms with Gasteiger partial charge >= 0.3 is 0 Å². The van der Waals surface area contributed by atoms with Gasteiger partial charge in [0.25, 0.3) is 0 Å². The molecule has 5 nitrogen and oxygen atoms in total. The van der Waals surface area contributed by atoms with Crippen molar-refractivity contribution in [1.82, 2.24) is 19.8 Å². The van der Waals surface area contributed by atoms with Gasteiger partial charge in [-0.25, -0.2) is 4.98 Å². The van der Waals surface area contributed by atoms with Crippen LogP contribution in [0, 0.1) is 0 Å². The molecule has 0 aromatic carbocycles. The Balaban J connectivity index is 1.84. The molecule has 0 aliphatic carbocycles. The summed E-state index contributed by atoms with van der Waals surface area (Å²) in [5.74, 6) is 0.479. The SMILES string of the molecule is CN(Cc1cnc(N)cn1)CC1CCCN1C. The van der Waals surface area contributed by atoms with Crippen molar-refractivity contribution in [1.29, 1.82) is 0 Å².